The highest BCUT2D eigenvalue weighted by atomic mass is 16.6. The van der Waals surface area contributed by atoms with Gasteiger partial charge in [-0.1, -0.05) is 6.92 Å². The minimum atomic E-state index is -0.951. The van der Waals surface area contributed by atoms with Crippen molar-refractivity contribution in [3.63, 3.8) is 0 Å². The van der Waals surface area contributed by atoms with Crippen molar-refractivity contribution >= 4 is 17.0 Å². The first-order valence-corrected chi connectivity index (χ1v) is 8.32. The Morgan fingerprint density at radius 3 is 2.72 bits per heavy atom. The smallest absolute Gasteiger partial charge is 0.335 e. The molecule has 1 aromatic heterocycles. The van der Waals surface area contributed by atoms with E-state index in [0.29, 0.717) is 18.7 Å². The summed E-state index contributed by atoms with van der Waals surface area (Å²) in [5.74, 6) is 1.41. The summed E-state index contributed by atoms with van der Waals surface area (Å²) in [5.41, 5.74) is 2.73. The number of aromatic nitrogens is 2. The lowest BCUT2D eigenvalue weighted by atomic mass is 10.2. The number of fused-ring (bicyclic) bond motifs is 2. The monoisotopic (exact) mass is 338 g/mol. The highest BCUT2D eigenvalue weighted by Crippen LogP contribution is 2.34. The zero-order chi connectivity index (χ0) is 17.4. The molecule has 0 radical (unpaired) electrons. The molecule has 25 heavy (non-hydrogen) atoms. The molecule has 0 aliphatic carbocycles. The average molecular weight is 338 g/mol. The number of aryl methyl sites for hydroxylation is 1. The third-order valence-corrected chi connectivity index (χ3v) is 4.23. The zero-order valence-electron chi connectivity index (χ0n) is 13.9. The standard InChI is InChI=1S/C19H18N2O4/c1-2-3-18-20-14-10-12(19(22)23)4-6-15(14)21(18)13-5-7-16-17(11-13)25-9-8-24-16/h4-7,10-11H,2-3,8-9H2,1H3,(H,22,23). The number of nitrogens with zero attached hydrogens (tertiary/aromatic N) is 2. The number of aromatic carboxylic acids is 1. The van der Waals surface area contributed by atoms with Crippen molar-refractivity contribution in [3.8, 4) is 17.2 Å². The number of rotatable bonds is 4. The third-order valence-electron chi connectivity index (χ3n) is 4.23. The molecule has 0 atom stereocenters. The van der Waals surface area contributed by atoms with E-state index in [1.54, 1.807) is 12.1 Å². The fourth-order valence-corrected chi connectivity index (χ4v) is 3.11. The maximum atomic E-state index is 11.2. The summed E-state index contributed by atoms with van der Waals surface area (Å²) in [5, 5.41) is 9.21. The molecular formula is C19H18N2O4. The second kappa shape index (κ2) is 6.12. The van der Waals surface area contributed by atoms with Gasteiger partial charge in [0.15, 0.2) is 11.5 Å². The molecule has 0 spiro atoms. The molecule has 2 heterocycles. The number of ether oxygens (including phenoxy) is 2. The second-order valence-electron chi connectivity index (χ2n) is 5.95. The maximum absolute atomic E-state index is 11.2. The van der Waals surface area contributed by atoms with Gasteiger partial charge in [0, 0.05) is 12.5 Å². The Labute approximate surface area is 144 Å². The Hall–Kier alpha value is -3.02. The van der Waals surface area contributed by atoms with E-state index in [1.807, 2.05) is 24.3 Å². The lowest BCUT2D eigenvalue weighted by Gasteiger charge is -2.19. The largest absolute Gasteiger partial charge is 0.486 e. The van der Waals surface area contributed by atoms with Crippen LogP contribution in [0.25, 0.3) is 16.7 Å². The molecule has 128 valence electrons. The molecule has 3 aromatic rings. The van der Waals surface area contributed by atoms with Crippen LogP contribution in [0, 0.1) is 0 Å². The molecule has 0 saturated carbocycles. The van der Waals surface area contributed by atoms with Gasteiger partial charge in [0.2, 0.25) is 0 Å². The summed E-state index contributed by atoms with van der Waals surface area (Å²) in [4.78, 5) is 15.9. The Bertz CT molecular complexity index is 961. The molecule has 6 nitrogen and oxygen atoms in total. The molecule has 0 unspecified atom stereocenters. The van der Waals surface area contributed by atoms with Crippen molar-refractivity contribution in [2.45, 2.75) is 19.8 Å². The molecule has 0 fully saturated rings. The number of carboxylic acids is 1. The topological polar surface area (TPSA) is 73.6 Å². The first kappa shape index (κ1) is 15.5. The van der Waals surface area contributed by atoms with Crippen molar-refractivity contribution < 1.29 is 19.4 Å². The highest BCUT2D eigenvalue weighted by molar-refractivity contribution is 5.93. The van der Waals surface area contributed by atoms with Crippen molar-refractivity contribution in [2.75, 3.05) is 13.2 Å². The first-order chi connectivity index (χ1) is 12.2. The molecule has 0 saturated heterocycles. The van der Waals surface area contributed by atoms with Gasteiger partial charge in [0.25, 0.3) is 0 Å². The van der Waals surface area contributed by atoms with Crippen LogP contribution in [0.15, 0.2) is 36.4 Å². The van der Waals surface area contributed by atoms with Gasteiger partial charge in [-0.25, -0.2) is 9.78 Å². The van der Waals surface area contributed by atoms with Crippen LogP contribution in [-0.4, -0.2) is 33.8 Å². The van der Waals surface area contributed by atoms with Crippen molar-refractivity contribution in [1.29, 1.82) is 0 Å². The van der Waals surface area contributed by atoms with Gasteiger partial charge in [-0.2, -0.15) is 0 Å². The number of imidazole rings is 1. The molecule has 1 aliphatic rings. The van der Waals surface area contributed by atoms with Crippen LogP contribution in [0.2, 0.25) is 0 Å². The number of hydrogen-bond donors (Lipinski definition) is 1. The summed E-state index contributed by atoms with van der Waals surface area (Å²) in [7, 11) is 0. The molecule has 4 rings (SSSR count). The minimum Gasteiger partial charge on any atom is -0.486 e. The minimum absolute atomic E-state index is 0.238. The Morgan fingerprint density at radius 2 is 1.96 bits per heavy atom. The number of benzene rings is 2. The molecule has 6 heteroatoms. The van der Waals surface area contributed by atoms with E-state index in [4.69, 9.17) is 9.47 Å². The summed E-state index contributed by atoms with van der Waals surface area (Å²) in [6.45, 7) is 3.18. The summed E-state index contributed by atoms with van der Waals surface area (Å²) >= 11 is 0. The lowest BCUT2D eigenvalue weighted by Crippen LogP contribution is -2.15. The van der Waals surface area contributed by atoms with Gasteiger partial charge in [0.1, 0.15) is 19.0 Å². The van der Waals surface area contributed by atoms with Crippen LogP contribution in [0.4, 0.5) is 0 Å². The van der Waals surface area contributed by atoms with Gasteiger partial charge >= 0.3 is 5.97 Å². The summed E-state index contributed by atoms with van der Waals surface area (Å²) in [6, 6.07) is 10.8. The number of carboxylic acid groups (broad SMARTS) is 1. The van der Waals surface area contributed by atoms with Gasteiger partial charge < -0.3 is 14.6 Å². The van der Waals surface area contributed by atoms with Crippen LogP contribution in [0.5, 0.6) is 11.5 Å². The van der Waals surface area contributed by atoms with Gasteiger partial charge in [-0.3, -0.25) is 4.57 Å². The Balaban J connectivity index is 1.90. The van der Waals surface area contributed by atoms with E-state index in [0.717, 1.165) is 41.4 Å². The second-order valence-corrected chi connectivity index (χ2v) is 5.95. The van der Waals surface area contributed by atoms with Gasteiger partial charge in [-0.05, 0) is 36.8 Å². The normalized spacial score (nSPS) is 13.2. The fraction of sp³-hybridized carbons (Fsp3) is 0.263. The van der Waals surface area contributed by atoms with Crippen molar-refractivity contribution in [1.82, 2.24) is 9.55 Å². The SMILES string of the molecule is CCCc1nc2cc(C(=O)O)ccc2n1-c1ccc2c(c1)OCCO2. The van der Waals surface area contributed by atoms with Crippen molar-refractivity contribution in [2.24, 2.45) is 0 Å². The van der Waals surface area contributed by atoms with Crippen LogP contribution in [0.3, 0.4) is 0 Å². The fourth-order valence-electron chi connectivity index (χ4n) is 3.11. The quantitative estimate of drug-likeness (QED) is 0.789. The lowest BCUT2D eigenvalue weighted by molar-refractivity contribution is 0.0697. The van der Waals surface area contributed by atoms with Crippen LogP contribution >= 0.6 is 0 Å². The Morgan fingerprint density at radius 1 is 1.16 bits per heavy atom. The highest BCUT2D eigenvalue weighted by Gasteiger charge is 2.17. The van der Waals surface area contributed by atoms with Gasteiger partial charge in [-0.15, -0.1) is 0 Å². The van der Waals surface area contributed by atoms with Crippen LogP contribution < -0.4 is 9.47 Å². The molecular weight excluding hydrogens is 320 g/mol. The van der Waals surface area contributed by atoms with E-state index >= 15 is 0 Å². The number of carbonyl (C=O) groups is 1. The van der Waals surface area contributed by atoms with E-state index in [1.165, 1.54) is 0 Å². The first-order valence-electron chi connectivity index (χ1n) is 8.32. The van der Waals surface area contributed by atoms with Crippen molar-refractivity contribution in [3.05, 3.63) is 47.8 Å². The molecule has 2 aromatic carbocycles. The molecule has 0 amide bonds. The molecule has 0 bridgehead atoms. The van der Waals surface area contributed by atoms with E-state index in [9.17, 15) is 9.90 Å². The predicted octanol–water partition coefficient (Wildman–Crippen LogP) is 3.45. The number of hydrogen-bond acceptors (Lipinski definition) is 4. The zero-order valence-corrected chi connectivity index (χ0v) is 13.9. The predicted molar refractivity (Wildman–Crippen MR) is 93.0 cm³/mol. The van der Waals surface area contributed by atoms with Crippen LogP contribution in [-0.2, 0) is 6.42 Å². The van der Waals surface area contributed by atoms with Gasteiger partial charge in [0.05, 0.1) is 22.3 Å². The van der Waals surface area contributed by atoms with E-state index in [-0.39, 0.29) is 5.56 Å². The summed E-state index contributed by atoms with van der Waals surface area (Å²) in [6.07, 6.45) is 1.74. The Kier molecular flexibility index (Phi) is 3.80. The van der Waals surface area contributed by atoms with Crippen LogP contribution in [0.1, 0.15) is 29.5 Å². The third kappa shape index (κ3) is 2.69. The maximum Gasteiger partial charge on any atom is 0.335 e. The molecule has 1 aliphatic heterocycles. The summed E-state index contributed by atoms with van der Waals surface area (Å²) < 4.78 is 13.3. The molecule has 1 N–H and O–H groups in total. The van der Waals surface area contributed by atoms with E-state index < -0.39 is 5.97 Å². The average Bonchev–Trinajstić information content (AvgIpc) is 2.98. The van der Waals surface area contributed by atoms with E-state index in [2.05, 4.69) is 16.5 Å².